The Morgan fingerprint density at radius 1 is 1.00 bits per heavy atom. The maximum atomic E-state index is 12.7. The molecule has 1 saturated heterocycles. The molecule has 1 aliphatic carbocycles. The van der Waals surface area contributed by atoms with Gasteiger partial charge in [-0.15, -0.1) is 5.06 Å². The van der Waals surface area contributed by atoms with Gasteiger partial charge in [0.05, 0.1) is 5.41 Å². The molecule has 4 amide bonds. The number of carbonyl (C=O) groups is 5. The van der Waals surface area contributed by atoms with Gasteiger partial charge in [0.15, 0.2) is 0 Å². The standard InChI is InChI=1S/C16H18N2O6.Na.H/c19-11-4-5-12(20)17(11)10-16(8-2-1-3-9-16)15(23)24-18-13(21)6-7-14(18)22;;/h4-5H,1-3,6-10H2;;/q;+1;-1. The van der Waals surface area contributed by atoms with Crippen molar-refractivity contribution in [2.24, 2.45) is 5.41 Å². The summed E-state index contributed by atoms with van der Waals surface area (Å²) in [7, 11) is 0. The van der Waals surface area contributed by atoms with Gasteiger partial charge in [0.25, 0.3) is 23.6 Å². The van der Waals surface area contributed by atoms with Crippen LogP contribution in [0.1, 0.15) is 46.4 Å². The second-order valence-electron chi connectivity index (χ2n) is 6.40. The first kappa shape index (κ1) is 19.8. The second kappa shape index (κ2) is 7.80. The molecule has 0 unspecified atom stereocenters. The van der Waals surface area contributed by atoms with Crippen LogP contribution in [0.15, 0.2) is 12.2 Å². The first-order valence-electron chi connectivity index (χ1n) is 8.05. The smallest absolute Gasteiger partial charge is 1.00 e. The fourth-order valence-corrected chi connectivity index (χ4v) is 3.38. The van der Waals surface area contributed by atoms with E-state index in [1.165, 1.54) is 0 Å². The Morgan fingerprint density at radius 2 is 1.52 bits per heavy atom. The Balaban J connectivity index is 0.00000169. The van der Waals surface area contributed by atoms with Crippen LogP contribution in [0.2, 0.25) is 0 Å². The van der Waals surface area contributed by atoms with Crippen molar-refractivity contribution < 1.29 is 59.8 Å². The zero-order valence-electron chi connectivity index (χ0n) is 15.2. The predicted octanol–water partition coefficient (Wildman–Crippen LogP) is -2.41. The number of hydroxylamine groups is 2. The van der Waals surface area contributed by atoms with E-state index in [9.17, 15) is 24.0 Å². The van der Waals surface area contributed by atoms with Gasteiger partial charge in [0.1, 0.15) is 0 Å². The van der Waals surface area contributed by atoms with Gasteiger partial charge in [-0.3, -0.25) is 24.1 Å². The molecule has 0 aromatic carbocycles. The molecule has 0 bridgehead atoms. The molecule has 0 aromatic heterocycles. The molecule has 2 fully saturated rings. The van der Waals surface area contributed by atoms with Crippen molar-refractivity contribution in [3.63, 3.8) is 0 Å². The summed E-state index contributed by atoms with van der Waals surface area (Å²) in [6.07, 6.45) is 5.70. The fraction of sp³-hybridized carbons (Fsp3) is 0.562. The minimum Gasteiger partial charge on any atom is -1.00 e. The van der Waals surface area contributed by atoms with Crippen LogP contribution in [0.5, 0.6) is 0 Å². The van der Waals surface area contributed by atoms with Crippen LogP contribution in [0.3, 0.4) is 0 Å². The van der Waals surface area contributed by atoms with E-state index in [-0.39, 0.29) is 50.4 Å². The Bertz CT molecular complexity index is 625. The summed E-state index contributed by atoms with van der Waals surface area (Å²) < 4.78 is 0. The van der Waals surface area contributed by atoms with Crippen molar-refractivity contribution in [3.8, 4) is 0 Å². The zero-order chi connectivity index (χ0) is 17.3. The van der Waals surface area contributed by atoms with Crippen molar-refractivity contribution in [1.29, 1.82) is 0 Å². The number of amides is 4. The first-order chi connectivity index (χ1) is 11.4. The Kier molecular flexibility index (Phi) is 6.18. The second-order valence-corrected chi connectivity index (χ2v) is 6.40. The minimum atomic E-state index is -1.07. The Morgan fingerprint density at radius 3 is 2.04 bits per heavy atom. The summed E-state index contributed by atoms with van der Waals surface area (Å²) in [6, 6.07) is 0. The predicted molar refractivity (Wildman–Crippen MR) is 79.7 cm³/mol. The van der Waals surface area contributed by atoms with E-state index in [1.54, 1.807) is 0 Å². The Labute approximate surface area is 168 Å². The molecule has 0 N–H and O–H groups in total. The molecule has 9 heteroatoms. The van der Waals surface area contributed by atoms with Crippen molar-refractivity contribution in [1.82, 2.24) is 9.96 Å². The van der Waals surface area contributed by atoms with E-state index in [2.05, 4.69) is 0 Å². The normalized spacial score (nSPS) is 22.4. The molecule has 1 saturated carbocycles. The van der Waals surface area contributed by atoms with Gasteiger partial charge in [0, 0.05) is 31.5 Å². The minimum absolute atomic E-state index is 0. The van der Waals surface area contributed by atoms with E-state index >= 15 is 0 Å². The third-order valence-corrected chi connectivity index (χ3v) is 4.78. The van der Waals surface area contributed by atoms with E-state index in [0.29, 0.717) is 17.9 Å². The topological polar surface area (TPSA) is 101 Å². The first-order valence-corrected chi connectivity index (χ1v) is 8.05. The molecular formula is C16H19N2NaO6. The van der Waals surface area contributed by atoms with Gasteiger partial charge in [-0.25, -0.2) is 4.79 Å². The van der Waals surface area contributed by atoms with Crippen LogP contribution in [-0.4, -0.2) is 46.1 Å². The molecule has 8 nitrogen and oxygen atoms in total. The van der Waals surface area contributed by atoms with Gasteiger partial charge in [-0.1, -0.05) is 19.3 Å². The molecule has 0 spiro atoms. The van der Waals surface area contributed by atoms with E-state index < -0.39 is 35.0 Å². The van der Waals surface area contributed by atoms with Crippen molar-refractivity contribution in [2.75, 3.05) is 6.54 Å². The van der Waals surface area contributed by atoms with Crippen molar-refractivity contribution in [2.45, 2.75) is 44.9 Å². The molecule has 0 atom stereocenters. The van der Waals surface area contributed by atoms with Crippen molar-refractivity contribution in [3.05, 3.63) is 12.2 Å². The average Bonchev–Trinajstić information content (AvgIpc) is 3.05. The third kappa shape index (κ3) is 3.86. The summed E-state index contributed by atoms with van der Waals surface area (Å²) in [5, 5.41) is 0.518. The van der Waals surface area contributed by atoms with Crippen molar-refractivity contribution >= 4 is 29.6 Å². The molecule has 2 heterocycles. The summed E-state index contributed by atoms with van der Waals surface area (Å²) >= 11 is 0. The summed E-state index contributed by atoms with van der Waals surface area (Å²) in [5.41, 5.74) is -1.07. The molecule has 2 aliphatic heterocycles. The van der Waals surface area contributed by atoms with Gasteiger partial charge >= 0.3 is 35.5 Å². The molecule has 0 radical (unpaired) electrons. The molecule has 0 aromatic rings. The fourth-order valence-electron chi connectivity index (χ4n) is 3.38. The Hall–Kier alpha value is -1.51. The number of hydrogen-bond donors (Lipinski definition) is 0. The van der Waals surface area contributed by atoms with Gasteiger partial charge in [0.2, 0.25) is 0 Å². The summed E-state index contributed by atoms with van der Waals surface area (Å²) in [5.74, 6) is -2.75. The van der Waals surface area contributed by atoms with E-state index in [1.807, 2.05) is 0 Å². The maximum absolute atomic E-state index is 12.7. The van der Waals surface area contributed by atoms with E-state index in [0.717, 1.165) is 36.3 Å². The number of carbonyl (C=O) groups excluding carboxylic acids is 5. The molecule has 3 aliphatic rings. The van der Waals surface area contributed by atoms with E-state index in [4.69, 9.17) is 4.84 Å². The maximum Gasteiger partial charge on any atom is 1.00 e. The molecular weight excluding hydrogens is 339 g/mol. The largest absolute Gasteiger partial charge is 1.00 e. The van der Waals surface area contributed by atoms with Gasteiger partial charge in [-0.2, -0.15) is 0 Å². The van der Waals surface area contributed by atoms with Crippen LogP contribution >= 0.6 is 0 Å². The quantitative estimate of drug-likeness (QED) is 0.410. The molecule has 3 rings (SSSR count). The van der Waals surface area contributed by atoms with Crippen LogP contribution in [0.25, 0.3) is 0 Å². The van der Waals surface area contributed by atoms with Crippen LogP contribution < -0.4 is 29.6 Å². The van der Waals surface area contributed by atoms with Crippen LogP contribution in [0.4, 0.5) is 0 Å². The number of rotatable bonds is 4. The third-order valence-electron chi connectivity index (χ3n) is 4.78. The van der Waals surface area contributed by atoms with Gasteiger partial charge < -0.3 is 6.26 Å². The zero-order valence-corrected chi connectivity index (χ0v) is 16.2. The molecule has 25 heavy (non-hydrogen) atoms. The number of imide groups is 2. The number of hydrogen-bond acceptors (Lipinski definition) is 6. The summed E-state index contributed by atoms with van der Waals surface area (Å²) in [6.45, 7) is -0.0906. The molecule has 130 valence electrons. The SMILES string of the molecule is O=C1C=CC(=O)N1CC1(C(=O)ON2C(=O)CCC2=O)CCCCC1.[H-].[Na+]. The average molecular weight is 358 g/mol. The van der Waals surface area contributed by atoms with Crippen LogP contribution in [0, 0.1) is 5.41 Å². The summed E-state index contributed by atoms with van der Waals surface area (Å²) in [4.78, 5) is 65.8. The monoisotopic (exact) mass is 358 g/mol. The number of nitrogens with zero attached hydrogens (tertiary/aromatic N) is 2. The van der Waals surface area contributed by atoms with Crippen LogP contribution in [-0.2, 0) is 28.8 Å². The van der Waals surface area contributed by atoms with Gasteiger partial charge in [-0.05, 0) is 12.8 Å².